The van der Waals surface area contributed by atoms with Gasteiger partial charge in [-0.1, -0.05) is 30.3 Å². The van der Waals surface area contributed by atoms with E-state index in [-0.39, 0.29) is 6.04 Å². The van der Waals surface area contributed by atoms with Gasteiger partial charge in [0.15, 0.2) is 12.0 Å². The van der Waals surface area contributed by atoms with E-state index in [1.165, 1.54) is 12.0 Å². The van der Waals surface area contributed by atoms with Crippen molar-refractivity contribution in [3.63, 3.8) is 0 Å². The first-order chi connectivity index (χ1) is 9.81. The maximum atomic E-state index is 5.72. The van der Waals surface area contributed by atoms with Crippen molar-refractivity contribution in [2.24, 2.45) is 5.73 Å². The van der Waals surface area contributed by atoms with Crippen LogP contribution in [0.1, 0.15) is 22.7 Å². The van der Waals surface area contributed by atoms with Crippen LogP contribution in [0.15, 0.2) is 53.3 Å². The molecule has 1 unspecified atom stereocenters. The van der Waals surface area contributed by atoms with Crippen LogP contribution >= 0.6 is 0 Å². The highest BCUT2D eigenvalue weighted by Crippen LogP contribution is 2.25. The normalized spacial score (nSPS) is 12.7. The molecule has 0 saturated heterocycles. The maximum Gasteiger partial charge on any atom is 0.181 e. The molecular weight excluding hydrogens is 250 g/mol. The van der Waals surface area contributed by atoms with Gasteiger partial charge in [0, 0.05) is 6.54 Å². The van der Waals surface area contributed by atoms with Crippen LogP contribution in [0.5, 0.6) is 0 Å². The molecule has 2 aromatic carbocycles. The average Bonchev–Trinajstić information content (AvgIpc) is 2.96. The lowest BCUT2D eigenvalue weighted by molar-refractivity contribution is 0.600. The highest BCUT2D eigenvalue weighted by atomic mass is 16.3. The van der Waals surface area contributed by atoms with Crippen LogP contribution in [-0.4, -0.2) is 12.0 Å². The van der Waals surface area contributed by atoms with Crippen LogP contribution in [-0.2, 0) is 6.54 Å². The summed E-state index contributed by atoms with van der Waals surface area (Å²) in [6.07, 6.45) is 1.47. The van der Waals surface area contributed by atoms with Crippen molar-refractivity contribution in [3.05, 3.63) is 65.5 Å². The third kappa shape index (κ3) is 2.31. The molecule has 0 aliphatic carbocycles. The SMILES string of the molecule is CNC(c1cccc(CN)c1)c1ccc2ncoc2c1. The van der Waals surface area contributed by atoms with Crippen molar-refractivity contribution < 1.29 is 4.42 Å². The smallest absolute Gasteiger partial charge is 0.181 e. The van der Waals surface area contributed by atoms with Gasteiger partial charge in [-0.15, -0.1) is 0 Å². The molecule has 0 saturated carbocycles. The molecule has 0 aliphatic heterocycles. The van der Waals surface area contributed by atoms with Gasteiger partial charge in [-0.2, -0.15) is 0 Å². The summed E-state index contributed by atoms with van der Waals surface area (Å²) in [5.74, 6) is 0. The summed E-state index contributed by atoms with van der Waals surface area (Å²) in [7, 11) is 1.95. The van der Waals surface area contributed by atoms with E-state index >= 15 is 0 Å². The first-order valence-corrected chi connectivity index (χ1v) is 6.61. The Kier molecular flexibility index (Phi) is 3.50. The van der Waals surface area contributed by atoms with Gasteiger partial charge >= 0.3 is 0 Å². The third-order valence-electron chi connectivity index (χ3n) is 3.50. The summed E-state index contributed by atoms with van der Waals surface area (Å²) in [4.78, 5) is 4.14. The number of hydrogen-bond acceptors (Lipinski definition) is 4. The van der Waals surface area contributed by atoms with Gasteiger partial charge in [0.1, 0.15) is 5.52 Å². The topological polar surface area (TPSA) is 64.1 Å². The van der Waals surface area contributed by atoms with E-state index in [2.05, 4.69) is 28.5 Å². The lowest BCUT2D eigenvalue weighted by Crippen LogP contribution is -2.18. The van der Waals surface area contributed by atoms with E-state index in [0.717, 1.165) is 22.2 Å². The lowest BCUT2D eigenvalue weighted by atomic mass is 9.97. The van der Waals surface area contributed by atoms with Gasteiger partial charge < -0.3 is 15.5 Å². The number of nitrogens with zero attached hydrogens (tertiary/aromatic N) is 1. The Bertz CT molecular complexity index is 720. The van der Waals surface area contributed by atoms with Gasteiger partial charge in [0.05, 0.1) is 6.04 Å². The van der Waals surface area contributed by atoms with Crippen molar-refractivity contribution in [3.8, 4) is 0 Å². The molecular formula is C16H17N3O. The maximum absolute atomic E-state index is 5.72. The van der Waals surface area contributed by atoms with Crippen molar-refractivity contribution in [1.29, 1.82) is 0 Å². The molecule has 0 radical (unpaired) electrons. The standard InChI is InChI=1S/C16H17N3O/c1-18-16(12-4-2-3-11(7-12)9-17)13-5-6-14-15(8-13)20-10-19-14/h2-8,10,16,18H,9,17H2,1H3. The summed E-state index contributed by atoms with van der Waals surface area (Å²) in [5, 5.41) is 3.34. The minimum absolute atomic E-state index is 0.107. The first-order valence-electron chi connectivity index (χ1n) is 6.61. The Morgan fingerprint density at radius 2 is 2.05 bits per heavy atom. The molecule has 3 rings (SSSR count). The zero-order chi connectivity index (χ0) is 13.9. The van der Waals surface area contributed by atoms with Crippen LogP contribution in [0.2, 0.25) is 0 Å². The molecule has 0 bridgehead atoms. The van der Waals surface area contributed by atoms with Crippen molar-refractivity contribution in [2.45, 2.75) is 12.6 Å². The number of oxazole rings is 1. The highest BCUT2D eigenvalue weighted by Gasteiger charge is 2.13. The molecule has 0 aliphatic rings. The second-order valence-corrected chi connectivity index (χ2v) is 4.75. The van der Waals surface area contributed by atoms with Gasteiger partial charge in [-0.25, -0.2) is 4.98 Å². The molecule has 1 aromatic heterocycles. The average molecular weight is 267 g/mol. The summed E-state index contributed by atoms with van der Waals surface area (Å²) in [6, 6.07) is 14.5. The molecule has 0 amide bonds. The van der Waals surface area contributed by atoms with Crippen LogP contribution in [0, 0.1) is 0 Å². The molecule has 4 nitrogen and oxygen atoms in total. The predicted octanol–water partition coefficient (Wildman–Crippen LogP) is 2.60. The van der Waals surface area contributed by atoms with Crippen molar-refractivity contribution in [1.82, 2.24) is 10.3 Å². The Morgan fingerprint density at radius 3 is 2.85 bits per heavy atom. The minimum atomic E-state index is 0.107. The molecule has 1 heterocycles. The van der Waals surface area contributed by atoms with Gasteiger partial charge in [0.25, 0.3) is 0 Å². The molecule has 0 spiro atoms. The number of nitrogens with two attached hydrogens (primary N) is 1. The Morgan fingerprint density at radius 1 is 1.20 bits per heavy atom. The fourth-order valence-electron chi connectivity index (χ4n) is 2.48. The quantitative estimate of drug-likeness (QED) is 0.762. The second-order valence-electron chi connectivity index (χ2n) is 4.75. The number of benzene rings is 2. The summed E-state index contributed by atoms with van der Waals surface area (Å²) in [5.41, 5.74) is 10.9. The molecule has 0 fully saturated rings. The van der Waals surface area contributed by atoms with E-state index in [4.69, 9.17) is 10.2 Å². The largest absolute Gasteiger partial charge is 0.443 e. The minimum Gasteiger partial charge on any atom is -0.443 e. The molecule has 3 aromatic rings. The third-order valence-corrected chi connectivity index (χ3v) is 3.50. The second kappa shape index (κ2) is 5.45. The molecule has 1 atom stereocenters. The Balaban J connectivity index is 2.03. The van der Waals surface area contributed by atoms with Crippen molar-refractivity contribution >= 4 is 11.1 Å². The summed E-state index contributed by atoms with van der Waals surface area (Å²) >= 11 is 0. The van der Waals surface area contributed by atoms with Gasteiger partial charge in [-0.3, -0.25) is 0 Å². The van der Waals surface area contributed by atoms with E-state index in [9.17, 15) is 0 Å². The monoisotopic (exact) mass is 267 g/mol. The Labute approximate surface area is 117 Å². The summed E-state index contributed by atoms with van der Waals surface area (Å²) < 4.78 is 5.38. The lowest BCUT2D eigenvalue weighted by Gasteiger charge is -2.18. The number of nitrogens with one attached hydrogen (secondary N) is 1. The number of fused-ring (bicyclic) bond motifs is 1. The zero-order valence-electron chi connectivity index (χ0n) is 11.3. The van der Waals surface area contributed by atoms with Crippen LogP contribution in [0.4, 0.5) is 0 Å². The van der Waals surface area contributed by atoms with E-state index < -0.39 is 0 Å². The molecule has 20 heavy (non-hydrogen) atoms. The van der Waals surface area contributed by atoms with Gasteiger partial charge in [-0.05, 0) is 35.9 Å². The van der Waals surface area contributed by atoms with E-state index in [1.54, 1.807) is 0 Å². The first kappa shape index (κ1) is 12.8. The zero-order valence-corrected chi connectivity index (χ0v) is 11.3. The highest BCUT2D eigenvalue weighted by molar-refractivity contribution is 5.73. The van der Waals surface area contributed by atoms with Crippen LogP contribution < -0.4 is 11.1 Å². The number of hydrogen-bond donors (Lipinski definition) is 2. The summed E-state index contributed by atoms with van der Waals surface area (Å²) in [6.45, 7) is 0.547. The number of rotatable bonds is 4. The molecule has 4 heteroatoms. The molecule has 102 valence electrons. The van der Waals surface area contributed by atoms with Crippen molar-refractivity contribution in [2.75, 3.05) is 7.05 Å². The van der Waals surface area contributed by atoms with E-state index in [1.807, 2.05) is 31.3 Å². The van der Waals surface area contributed by atoms with E-state index in [0.29, 0.717) is 6.54 Å². The predicted molar refractivity (Wildman–Crippen MR) is 79.2 cm³/mol. The fourth-order valence-corrected chi connectivity index (χ4v) is 2.48. The van der Waals surface area contributed by atoms with Gasteiger partial charge in [0.2, 0.25) is 0 Å². The fraction of sp³-hybridized carbons (Fsp3) is 0.188. The van der Waals surface area contributed by atoms with Crippen LogP contribution in [0.25, 0.3) is 11.1 Å². The molecule has 3 N–H and O–H groups in total. The Hall–Kier alpha value is -2.17. The number of aromatic nitrogens is 1. The van der Waals surface area contributed by atoms with Crippen LogP contribution in [0.3, 0.4) is 0 Å².